The number of benzene rings is 2. The Balaban J connectivity index is 1.54. The van der Waals surface area contributed by atoms with Crippen molar-refractivity contribution in [2.75, 3.05) is 25.5 Å². The van der Waals surface area contributed by atoms with Crippen molar-refractivity contribution >= 4 is 45.0 Å². The highest BCUT2D eigenvalue weighted by molar-refractivity contribution is 6.29. The molecule has 6 N–H and O–H groups in total. The molecule has 0 aliphatic carbocycles. The molecule has 0 unspecified atom stereocenters. The lowest BCUT2D eigenvalue weighted by Gasteiger charge is -2.38. The number of anilines is 1. The number of carbonyl (C=O) groups excluding carboxylic acids is 3. The third kappa shape index (κ3) is 8.20. The minimum absolute atomic E-state index is 0.0406. The van der Waals surface area contributed by atoms with Gasteiger partial charge in [-0.1, -0.05) is 52.3 Å². The van der Waals surface area contributed by atoms with Gasteiger partial charge in [0, 0.05) is 79.3 Å². The number of rotatable bonds is 4. The van der Waals surface area contributed by atoms with Crippen LogP contribution in [-0.2, 0) is 30.3 Å². The van der Waals surface area contributed by atoms with Crippen molar-refractivity contribution in [3.8, 4) is 17.2 Å². The predicted molar refractivity (Wildman–Crippen MR) is 223 cm³/mol. The van der Waals surface area contributed by atoms with Crippen LogP contribution in [0.1, 0.15) is 89.2 Å². The fourth-order valence-corrected chi connectivity index (χ4v) is 8.92. The van der Waals surface area contributed by atoms with E-state index in [2.05, 4.69) is 15.2 Å². The number of aliphatic hydroxyl groups excluding tert-OH is 2. The number of amides is 1. The number of methoxy groups -OCH3 is 1. The van der Waals surface area contributed by atoms with Gasteiger partial charge in [0.1, 0.15) is 17.6 Å². The number of esters is 1. The van der Waals surface area contributed by atoms with Gasteiger partial charge in [-0.2, -0.15) is 0 Å². The number of phenolic OH excluding ortho intramolecular Hbond substituents is 2. The van der Waals surface area contributed by atoms with Gasteiger partial charge in [0.25, 0.3) is 11.7 Å². The van der Waals surface area contributed by atoms with Gasteiger partial charge in [0.15, 0.2) is 5.75 Å². The Hall–Kier alpha value is -4.89. The summed E-state index contributed by atoms with van der Waals surface area (Å²) in [5, 5.41) is 50.4. The number of aromatic nitrogens is 1. The molecule has 1 fully saturated rings. The van der Waals surface area contributed by atoms with Crippen LogP contribution in [0.5, 0.6) is 17.2 Å². The number of piperidine rings is 1. The number of likely N-dealkylation sites (tertiary alicyclic amines) is 1. The number of hydrogen-bond donors (Lipinski definition) is 6. The Morgan fingerprint density at radius 2 is 1.64 bits per heavy atom. The number of ether oxygens (including phenoxy) is 4. The topological polar surface area (TPSA) is 200 Å². The average molecular weight is 818 g/mol. The maximum Gasteiger partial charge on any atom is 0.312 e. The Bertz CT molecular complexity index is 2200. The van der Waals surface area contributed by atoms with Gasteiger partial charge in [-0.15, -0.1) is 0 Å². The van der Waals surface area contributed by atoms with Crippen LogP contribution in [0.25, 0.3) is 21.7 Å². The first-order valence-electron chi connectivity index (χ1n) is 20.5. The summed E-state index contributed by atoms with van der Waals surface area (Å²) in [6.07, 6.45) is 9.10. The van der Waals surface area contributed by atoms with Crippen LogP contribution in [0, 0.1) is 30.6 Å². The number of phenols is 2. The molecule has 14 heteroatoms. The Kier molecular flexibility index (Phi) is 12.9. The van der Waals surface area contributed by atoms with Crippen molar-refractivity contribution in [3.05, 3.63) is 59.0 Å². The van der Waals surface area contributed by atoms with Gasteiger partial charge in [0.2, 0.25) is 0 Å². The molecule has 3 aliphatic heterocycles. The number of nitrogens with zero attached hydrogens (tertiary/aromatic N) is 1. The van der Waals surface area contributed by atoms with Crippen LogP contribution in [0.4, 0.5) is 5.69 Å². The third-order valence-corrected chi connectivity index (χ3v) is 12.6. The van der Waals surface area contributed by atoms with Gasteiger partial charge in [0.05, 0.1) is 46.7 Å². The summed E-state index contributed by atoms with van der Waals surface area (Å²) in [6, 6.07) is 0. The van der Waals surface area contributed by atoms with Crippen LogP contribution < -0.4 is 10.1 Å². The van der Waals surface area contributed by atoms with Crippen molar-refractivity contribution in [1.29, 1.82) is 0 Å². The number of carbonyl (C=O) groups is 3. The molecule has 0 saturated carbocycles. The van der Waals surface area contributed by atoms with E-state index >= 15 is 0 Å². The van der Waals surface area contributed by atoms with Gasteiger partial charge in [-0.25, -0.2) is 0 Å². The highest BCUT2D eigenvalue weighted by atomic mass is 16.7. The molecule has 4 heterocycles. The highest BCUT2D eigenvalue weighted by Crippen LogP contribution is 2.54. The minimum atomic E-state index is -1.92. The molecule has 2 aromatic carbocycles. The lowest BCUT2D eigenvalue weighted by Crippen LogP contribution is -2.46. The van der Waals surface area contributed by atoms with E-state index in [1.165, 1.54) is 27.2 Å². The first kappa shape index (κ1) is 43.7. The molecular weight excluding hydrogens is 759 g/mol. The summed E-state index contributed by atoms with van der Waals surface area (Å²) in [6.45, 7) is 15.2. The summed E-state index contributed by atoms with van der Waals surface area (Å²) in [4.78, 5) is 46.5. The van der Waals surface area contributed by atoms with Crippen LogP contribution in [-0.4, -0.2) is 98.4 Å². The Morgan fingerprint density at radius 3 is 2.31 bits per heavy atom. The lowest BCUT2D eigenvalue weighted by molar-refractivity contribution is -0.160. The largest absolute Gasteiger partial charge is 0.507 e. The van der Waals surface area contributed by atoms with Crippen molar-refractivity contribution in [3.63, 3.8) is 0 Å². The smallest absolute Gasteiger partial charge is 0.312 e. The van der Waals surface area contributed by atoms with Crippen LogP contribution in [0.3, 0.4) is 0 Å². The van der Waals surface area contributed by atoms with E-state index in [-0.39, 0.29) is 44.7 Å². The second kappa shape index (κ2) is 17.4. The zero-order chi connectivity index (χ0) is 43.1. The summed E-state index contributed by atoms with van der Waals surface area (Å²) in [7, 11) is 1.47. The zero-order valence-corrected chi connectivity index (χ0v) is 35.4. The number of H-pyrrole nitrogens is 1. The standard InChI is InChI=1S/C45H59N3O11/c1-22-14-13-15-23(2)44(55)47-36-31-29(21-48-17-11-10-12-18-48)20-46-35(31)32-33(40(36)53)39(52)27(6)42-34(32)43(54)45(8,59-42)57-19-16-30(56-9)24(3)41(58-28(7)49)26(5)38(51)25(4)37(22)50/h13-16,19-20,22,24-26,30,37-38,41,46,50-53H,10-12,17-18,21H2,1-9H3,(H,47,55)/b14-13+,19-16+,23-15-/t22-,24+,25+,26+,30-,37-,38+,41+,45-/m0/s1. The number of hydrogen-bond acceptors (Lipinski definition) is 12. The van der Waals surface area contributed by atoms with Crippen molar-refractivity contribution in [1.82, 2.24) is 9.88 Å². The maximum absolute atomic E-state index is 14.6. The molecule has 0 spiro atoms. The van der Waals surface area contributed by atoms with Gasteiger partial charge in [-0.05, 0) is 51.4 Å². The first-order chi connectivity index (χ1) is 27.9. The molecule has 14 nitrogen and oxygen atoms in total. The van der Waals surface area contributed by atoms with E-state index in [1.807, 2.05) is 0 Å². The molecule has 3 aromatic rings. The van der Waals surface area contributed by atoms with Gasteiger partial charge in [-0.3, -0.25) is 19.3 Å². The fraction of sp³-hybridized carbons (Fsp3) is 0.533. The number of Topliss-reactive ketones (excluding diaryl/α,β-unsaturated/α-hetero) is 1. The summed E-state index contributed by atoms with van der Waals surface area (Å²) in [5.74, 6) is -6.59. The quantitative estimate of drug-likeness (QED) is 0.123. The average Bonchev–Trinajstić information content (AvgIpc) is 3.74. The fourth-order valence-electron chi connectivity index (χ4n) is 8.92. The Morgan fingerprint density at radius 1 is 0.949 bits per heavy atom. The molecule has 6 rings (SSSR count). The monoisotopic (exact) mass is 817 g/mol. The SMILES string of the molecule is CO[C@H]1/C=C/O[C@@]2(C)Oc3c(C)c(O)c4c(O)c(c5c(CN6CCCCC6)c[nH]c5c4c3C2=O)NC(=O)/C(C)=C\C=C\[C@H](C)[C@H](O)[C@@H](C)[C@@H](O)[C@@H](C)[C@H](OC(C)=O)[C@@H]1C. The number of fused-ring (bicyclic) bond motifs is 1. The summed E-state index contributed by atoms with van der Waals surface area (Å²) >= 11 is 0. The number of allylic oxidation sites excluding steroid dienone is 2. The number of aliphatic hydroxyl groups is 2. The molecule has 9 atom stereocenters. The molecule has 4 bridgehead atoms. The molecule has 0 radical (unpaired) electrons. The normalized spacial score (nSPS) is 32.0. The first-order valence-corrected chi connectivity index (χ1v) is 20.5. The zero-order valence-electron chi connectivity index (χ0n) is 35.4. The predicted octanol–water partition coefficient (Wildman–Crippen LogP) is 6.52. The van der Waals surface area contributed by atoms with E-state index in [1.54, 1.807) is 72.0 Å². The van der Waals surface area contributed by atoms with Crippen LogP contribution >= 0.6 is 0 Å². The Labute approximate surface area is 344 Å². The van der Waals surface area contributed by atoms with E-state index in [0.717, 1.165) is 37.9 Å². The molecule has 320 valence electrons. The minimum Gasteiger partial charge on any atom is -0.507 e. The van der Waals surface area contributed by atoms with Crippen molar-refractivity contribution in [2.45, 2.75) is 111 Å². The van der Waals surface area contributed by atoms with Gasteiger partial charge < -0.3 is 49.7 Å². The highest BCUT2D eigenvalue weighted by Gasteiger charge is 2.49. The molecule has 3 aliphatic rings. The third-order valence-electron chi connectivity index (χ3n) is 12.6. The van der Waals surface area contributed by atoms with Gasteiger partial charge >= 0.3 is 11.8 Å². The maximum atomic E-state index is 14.6. The number of ketones is 1. The lowest BCUT2D eigenvalue weighted by atomic mass is 9.78. The summed E-state index contributed by atoms with van der Waals surface area (Å²) in [5.41, 5.74) is 1.82. The number of aromatic hydroxyl groups is 2. The number of nitrogens with one attached hydrogen (secondary N) is 2. The molecular formula is C45H59N3O11. The van der Waals surface area contributed by atoms with E-state index in [9.17, 15) is 34.8 Å². The second-order valence-electron chi connectivity index (χ2n) is 16.8. The van der Waals surface area contributed by atoms with Crippen molar-refractivity contribution in [2.24, 2.45) is 23.7 Å². The molecule has 1 aromatic heterocycles. The molecule has 59 heavy (non-hydrogen) atoms. The van der Waals surface area contributed by atoms with Crippen LogP contribution in [0.15, 0.2) is 42.3 Å². The number of aromatic amines is 1. The van der Waals surface area contributed by atoms with E-state index < -0.39 is 77.3 Å². The molecule has 1 saturated heterocycles. The second-order valence-corrected chi connectivity index (χ2v) is 16.8. The van der Waals surface area contributed by atoms with Crippen molar-refractivity contribution < 1.29 is 53.8 Å². The van der Waals surface area contributed by atoms with Crippen LogP contribution in [0.2, 0.25) is 0 Å². The van der Waals surface area contributed by atoms with E-state index in [0.29, 0.717) is 17.4 Å². The molecule has 1 amide bonds. The summed E-state index contributed by atoms with van der Waals surface area (Å²) < 4.78 is 23.9. The van der Waals surface area contributed by atoms with E-state index in [4.69, 9.17) is 18.9 Å².